The second-order valence-electron chi connectivity index (χ2n) is 6.29. The summed E-state index contributed by atoms with van der Waals surface area (Å²) in [5.74, 6) is -2.99. The first-order valence-electron chi connectivity index (χ1n) is 8.76. The molecule has 6 N–H and O–H groups in total. The molecule has 2 atom stereocenters. The van der Waals surface area contributed by atoms with Crippen molar-refractivity contribution in [3.05, 3.63) is 29.8 Å². The number of carbonyl (C=O) groups is 4. The number of hydrogen-bond donors (Lipinski definition) is 6. The van der Waals surface area contributed by atoms with E-state index in [-0.39, 0.29) is 25.0 Å². The molecule has 0 aliphatic heterocycles. The molecule has 0 bridgehead atoms. The number of phosphoric ester groups is 1. The van der Waals surface area contributed by atoms with Gasteiger partial charge in [-0.3, -0.25) is 29.0 Å². The van der Waals surface area contributed by atoms with Crippen molar-refractivity contribution in [3.8, 4) is 5.75 Å². The molecule has 0 aliphatic carbocycles. The summed E-state index contributed by atoms with van der Waals surface area (Å²) in [6.45, 7) is 1.21. The third kappa shape index (κ3) is 9.50. The number of rotatable bonds is 11. The third-order valence-corrected chi connectivity index (χ3v) is 4.26. The Morgan fingerprint density at radius 1 is 1.03 bits per heavy atom. The van der Waals surface area contributed by atoms with Gasteiger partial charge in [-0.2, -0.15) is 0 Å². The highest BCUT2D eigenvalue weighted by Crippen LogP contribution is 2.37. The highest BCUT2D eigenvalue weighted by molar-refractivity contribution is 7.46. The number of benzene rings is 1. The van der Waals surface area contributed by atoms with Crippen molar-refractivity contribution in [2.45, 2.75) is 38.3 Å². The van der Waals surface area contributed by atoms with Gasteiger partial charge in [-0.1, -0.05) is 12.1 Å². The molecule has 13 heteroatoms. The van der Waals surface area contributed by atoms with Gasteiger partial charge in [0.2, 0.25) is 17.7 Å². The number of aliphatic carboxylic acids is 1. The smallest absolute Gasteiger partial charge is 0.481 e. The van der Waals surface area contributed by atoms with Gasteiger partial charge in [0.15, 0.2) is 0 Å². The minimum absolute atomic E-state index is 0.000991. The summed E-state index contributed by atoms with van der Waals surface area (Å²) < 4.78 is 15.3. The highest BCUT2D eigenvalue weighted by atomic mass is 31.2. The van der Waals surface area contributed by atoms with Crippen LogP contribution in [-0.4, -0.2) is 57.7 Å². The molecule has 0 aromatic heterocycles. The molecule has 0 saturated heterocycles. The average molecular weight is 445 g/mol. The number of likely N-dealkylation sites (N-methyl/N-ethyl adjacent to an activating group) is 1. The first-order chi connectivity index (χ1) is 13.9. The number of carboxylic acids is 1. The molecule has 0 unspecified atom stereocenters. The molecule has 0 radical (unpaired) electrons. The van der Waals surface area contributed by atoms with Crippen molar-refractivity contribution >= 4 is 31.5 Å². The maximum atomic E-state index is 12.6. The fraction of sp³-hybridized carbons (Fsp3) is 0.412. The zero-order valence-electron chi connectivity index (χ0n) is 16.3. The number of amides is 3. The van der Waals surface area contributed by atoms with Gasteiger partial charge >= 0.3 is 13.8 Å². The molecule has 30 heavy (non-hydrogen) atoms. The molecule has 1 aromatic rings. The molecule has 3 amide bonds. The topological polar surface area (TPSA) is 191 Å². The molecule has 0 spiro atoms. The molecule has 1 aromatic carbocycles. The number of phosphoric acid groups is 1. The van der Waals surface area contributed by atoms with Crippen molar-refractivity contribution in [1.82, 2.24) is 16.0 Å². The fourth-order valence-electron chi connectivity index (χ4n) is 2.50. The van der Waals surface area contributed by atoms with Crippen molar-refractivity contribution in [1.29, 1.82) is 0 Å². The van der Waals surface area contributed by atoms with Crippen molar-refractivity contribution < 1.29 is 43.2 Å². The Morgan fingerprint density at radius 3 is 2.10 bits per heavy atom. The Bertz CT molecular complexity index is 822. The lowest BCUT2D eigenvalue weighted by Crippen LogP contribution is -2.53. The van der Waals surface area contributed by atoms with Crippen LogP contribution in [0.5, 0.6) is 5.75 Å². The van der Waals surface area contributed by atoms with Gasteiger partial charge in [-0.15, -0.1) is 0 Å². The Kier molecular flexibility index (Phi) is 9.44. The first-order valence-corrected chi connectivity index (χ1v) is 10.3. The van der Waals surface area contributed by atoms with Gasteiger partial charge in [-0.05, 0) is 24.1 Å². The quantitative estimate of drug-likeness (QED) is 0.239. The van der Waals surface area contributed by atoms with Gasteiger partial charge in [-0.25, -0.2) is 4.57 Å². The van der Waals surface area contributed by atoms with Gasteiger partial charge < -0.3 is 25.6 Å². The van der Waals surface area contributed by atoms with Crippen LogP contribution in [-0.2, 0) is 30.2 Å². The highest BCUT2D eigenvalue weighted by Gasteiger charge is 2.26. The molecular formula is C17H24N3O9P. The lowest BCUT2D eigenvalue weighted by Gasteiger charge is -2.22. The minimum atomic E-state index is -4.71. The van der Waals surface area contributed by atoms with Crippen molar-refractivity contribution in [2.75, 3.05) is 7.05 Å². The molecule has 0 aliphatic rings. The van der Waals surface area contributed by atoms with Crippen LogP contribution in [0.25, 0.3) is 0 Å². The van der Waals surface area contributed by atoms with Crippen LogP contribution >= 0.6 is 7.82 Å². The second-order valence-corrected chi connectivity index (χ2v) is 7.45. The molecule has 1 rings (SSSR count). The Labute approximate surface area is 172 Å². The number of carboxylic acid groups (broad SMARTS) is 1. The predicted molar refractivity (Wildman–Crippen MR) is 103 cm³/mol. The second kappa shape index (κ2) is 11.3. The van der Waals surface area contributed by atoms with E-state index in [2.05, 4.69) is 20.5 Å². The van der Waals surface area contributed by atoms with Gasteiger partial charge in [0.1, 0.15) is 17.8 Å². The molecule has 166 valence electrons. The summed E-state index contributed by atoms with van der Waals surface area (Å²) >= 11 is 0. The van der Waals surface area contributed by atoms with E-state index in [1.165, 1.54) is 38.2 Å². The van der Waals surface area contributed by atoms with Crippen LogP contribution in [0.3, 0.4) is 0 Å². The van der Waals surface area contributed by atoms with E-state index in [0.29, 0.717) is 5.56 Å². The van der Waals surface area contributed by atoms with Gasteiger partial charge in [0, 0.05) is 26.8 Å². The first kappa shape index (κ1) is 25.1. The Morgan fingerprint density at radius 2 is 1.63 bits per heavy atom. The average Bonchev–Trinajstić information content (AvgIpc) is 2.63. The summed E-state index contributed by atoms with van der Waals surface area (Å²) in [6, 6.07) is 3.30. The lowest BCUT2D eigenvalue weighted by atomic mass is 10.0. The summed E-state index contributed by atoms with van der Waals surface area (Å²) in [5.41, 5.74) is 0.531. The number of hydrogen-bond acceptors (Lipinski definition) is 6. The van der Waals surface area contributed by atoms with E-state index in [1.54, 1.807) is 0 Å². The molecular weight excluding hydrogens is 421 g/mol. The van der Waals surface area contributed by atoms with E-state index in [1.807, 2.05) is 0 Å². The summed E-state index contributed by atoms with van der Waals surface area (Å²) in [4.78, 5) is 64.4. The van der Waals surface area contributed by atoms with Crippen LogP contribution in [0.2, 0.25) is 0 Å². The van der Waals surface area contributed by atoms with Crippen molar-refractivity contribution in [2.24, 2.45) is 0 Å². The fourth-order valence-corrected chi connectivity index (χ4v) is 2.89. The molecule has 0 fully saturated rings. The monoisotopic (exact) mass is 445 g/mol. The normalized spacial score (nSPS) is 12.9. The van der Waals surface area contributed by atoms with Crippen LogP contribution in [0.15, 0.2) is 24.3 Å². The Balaban J connectivity index is 2.92. The maximum absolute atomic E-state index is 12.6. The minimum Gasteiger partial charge on any atom is -0.481 e. The zero-order chi connectivity index (χ0) is 22.9. The van der Waals surface area contributed by atoms with E-state index < -0.39 is 43.6 Å². The van der Waals surface area contributed by atoms with Crippen LogP contribution < -0.4 is 20.5 Å². The number of nitrogens with one attached hydrogen (secondary N) is 3. The standard InChI is InChI=1S/C17H24N3O9P/c1-10(21)19-14(9-11-3-5-12(6-4-11)29-30(26,27)28)17(25)20-13(16(24)18-2)7-8-15(22)23/h3-6,13-14H,7-9H2,1-2H3,(H,18,24)(H,19,21)(H,20,25)(H,22,23)(H2,26,27,28)/t13-,14-/m0/s1. The summed E-state index contributed by atoms with van der Waals surface area (Å²) in [7, 11) is -3.37. The summed E-state index contributed by atoms with van der Waals surface area (Å²) in [5, 5.41) is 16.0. The van der Waals surface area contributed by atoms with E-state index in [0.717, 1.165) is 0 Å². The molecule has 0 saturated carbocycles. The van der Waals surface area contributed by atoms with E-state index >= 15 is 0 Å². The zero-order valence-corrected chi connectivity index (χ0v) is 17.2. The van der Waals surface area contributed by atoms with Gasteiger partial charge in [0.05, 0.1) is 0 Å². The van der Waals surface area contributed by atoms with Gasteiger partial charge in [0.25, 0.3) is 0 Å². The largest absolute Gasteiger partial charge is 0.524 e. The SMILES string of the molecule is CNC(=O)[C@H](CCC(=O)O)NC(=O)[C@H](Cc1ccc(OP(=O)(O)O)cc1)NC(C)=O. The predicted octanol–water partition coefficient (Wildman–Crippen LogP) is -0.699. The van der Waals surface area contributed by atoms with Crippen molar-refractivity contribution in [3.63, 3.8) is 0 Å². The van der Waals surface area contributed by atoms with Crippen LogP contribution in [0.4, 0.5) is 0 Å². The number of carbonyl (C=O) groups excluding carboxylic acids is 3. The molecule has 0 heterocycles. The molecule has 12 nitrogen and oxygen atoms in total. The summed E-state index contributed by atoms with van der Waals surface area (Å²) in [6.07, 6.45) is -0.479. The van der Waals surface area contributed by atoms with E-state index in [4.69, 9.17) is 14.9 Å². The van der Waals surface area contributed by atoms with Crippen LogP contribution in [0, 0.1) is 0 Å². The third-order valence-electron chi connectivity index (χ3n) is 3.81. The Hall–Kier alpha value is -2.95. The maximum Gasteiger partial charge on any atom is 0.524 e. The van der Waals surface area contributed by atoms with Crippen LogP contribution in [0.1, 0.15) is 25.3 Å². The lowest BCUT2D eigenvalue weighted by molar-refractivity contribution is -0.138. The van der Waals surface area contributed by atoms with E-state index in [9.17, 15) is 23.7 Å².